The first-order valence-electron chi connectivity index (χ1n) is 5.77. The molecule has 3 rings (SSSR count). The molecule has 3 unspecified atom stereocenters. The summed E-state index contributed by atoms with van der Waals surface area (Å²) in [7, 11) is 1.65. The maximum atomic E-state index is 5.79. The number of hydrogen-bond donors (Lipinski definition) is 1. The second-order valence-electron chi connectivity index (χ2n) is 4.44. The SMILES string of the molecule is COc1ccc(NC2CC3CCC2O3)nc1. The van der Waals surface area contributed by atoms with E-state index < -0.39 is 0 Å². The van der Waals surface area contributed by atoms with E-state index in [1.54, 1.807) is 13.3 Å². The molecular formula is C12H16N2O2. The summed E-state index contributed by atoms with van der Waals surface area (Å²) < 4.78 is 10.9. The molecule has 1 N–H and O–H groups in total. The van der Waals surface area contributed by atoms with Crippen molar-refractivity contribution >= 4 is 5.82 Å². The van der Waals surface area contributed by atoms with E-state index in [2.05, 4.69) is 10.3 Å². The summed E-state index contributed by atoms with van der Waals surface area (Å²) in [5, 5.41) is 3.43. The van der Waals surface area contributed by atoms with Crippen LogP contribution in [0, 0.1) is 0 Å². The predicted octanol–water partition coefficient (Wildman–Crippen LogP) is 1.82. The molecule has 0 aromatic carbocycles. The van der Waals surface area contributed by atoms with Crippen LogP contribution in [0.25, 0.3) is 0 Å². The molecule has 2 bridgehead atoms. The van der Waals surface area contributed by atoms with E-state index in [4.69, 9.17) is 9.47 Å². The van der Waals surface area contributed by atoms with E-state index in [1.807, 2.05) is 12.1 Å². The van der Waals surface area contributed by atoms with Crippen LogP contribution in [-0.4, -0.2) is 30.3 Å². The van der Waals surface area contributed by atoms with E-state index in [1.165, 1.54) is 12.8 Å². The summed E-state index contributed by atoms with van der Waals surface area (Å²) in [4.78, 5) is 4.30. The Labute approximate surface area is 95.0 Å². The molecule has 1 aromatic heterocycles. The number of hydrogen-bond acceptors (Lipinski definition) is 4. The fourth-order valence-electron chi connectivity index (χ4n) is 2.57. The lowest BCUT2D eigenvalue weighted by atomic mass is 9.95. The van der Waals surface area contributed by atoms with Crippen molar-refractivity contribution in [1.82, 2.24) is 4.98 Å². The van der Waals surface area contributed by atoms with Crippen LogP contribution in [0.3, 0.4) is 0 Å². The van der Waals surface area contributed by atoms with Crippen LogP contribution in [0.5, 0.6) is 5.75 Å². The Morgan fingerprint density at radius 1 is 1.44 bits per heavy atom. The number of aromatic nitrogens is 1. The van der Waals surface area contributed by atoms with Crippen LogP contribution in [0.2, 0.25) is 0 Å². The molecule has 2 aliphatic heterocycles. The lowest BCUT2D eigenvalue weighted by Gasteiger charge is -2.20. The number of ether oxygens (including phenoxy) is 2. The molecule has 0 amide bonds. The smallest absolute Gasteiger partial charge is 0.137 e. The van der Waals surface area contributed by atoms with E-state index >= 15 is 0 Å². The summed E-state index contributed by atoms with van der Waals surface area (Å²) in [6, 6.07) is 4.30. The van der Waals surface area contributed by atoms with E-state index in [0.717, 1.165) is 18.0 Å². The highest BCUT2D eigenvalue weighted by molar-refractivity contribution is 5.39. The second kappa shape index (κ2) is 3.94. The fraction of sp³-hybridized carbons (Fsp3) is 0.583. The monoisotopic (exact) mass is 220 g/mol. The van der Waals surface area contributed by atoms with Gasteiger partial charge in [-0.05, 0) is 31.4 Å². The zero-order valence-electron chi connectivity index (χ0n) is 9.35. The quantitative estimate of drug-likeness (QED) is 0.843. The lowest BCUT2D eigenvalue weighted by molar-refractivity contribution is 0.102. The highest BCUT2D eigenvalue weighted by Crippen LogP contribution is 2.35. The Morgan fingerprint density at radius 2 is 2.38 bits per heavy atom. The molecule has 3 heterocycles. The van der Waals surface area contributed by atoms with E-state index in [9.17, 15) is 0 Å². The molecular weight excluding hydrogens is 204 g/mol. The predicted molar refractivity (Wildman–Crippen MR) is 60.7 cm³/mol. The maximum Gasteiger partial charge on any atom is 0.137 e. The molecule has 3 atom stereocenters. The highest BCUT2D eigenvalue weighted by atomic mass is 16.5. The number of pyridine rings is 1. The summed E-state index contributed by atoms with van der Waals surface area (Å²) in [6.07, 6.45) is 6.10. The third kappa shape index (κ3) is 1.73. The zero-order valence-corrected chi connectivity index (χ0v) is 9.35. The molecule has 2 saturated heterocycles. The van der Waals surface area contributed by atoms with Gasteiger partial charge in [0, 0.05) is 0 Å². The van der Waals surface area contributed by atoms with Crippen LogP contribution in [0.4, 0.5) is 5.82 Å². The Morgan fingerprint density at radius 3 is 2.94 bits per heavy atom. The largest absolute Gasteiger partial charge is 0.495 e. The van der Waals surface area contributed by atoms with Gasteiger partial charge in [-0.15, -0.1) is 0 Å². The normalized spacial score (nSPS) is 31.7. The summed E-state index contributed by atoms with van der Waals surface area (Å²) in [5.74, 6) is 1.69. The molecule has 2 aliphatic rings. The van der Waals surface area contributed by atoms with Gasteiger partial charge in [0.25, 0.3) is 0 Å². The molecule has 0 saturated carbocycles. The Bertz CT molecular complexity index is 366. The highest BCUT2D eigenvalue weighted by Gasteiger charge is 2.40. The van der Waals surface area contributed by atoms with Gasteiger partial charge in [0.05, 0.1) is 31.6 Å². The molecule has 4 nitrogen and oxygen atoms in total. The van der Waals surface area contributed by atoms with Gasteiger partial charge >= 0.3 is 0 Å². The van der Waals surface area contributed by atoms with Gasteiger partial charge in [-0.2, -0.15) is 0 Å². The number of fused-ring (bicyclic) bond motifs is 2. The number of methoxy groups -OCH3 is 1. The molecule has 4 heteroatoms. The number of nitrogens with one attached hydrogen (secondary N) is 1. The van der Waals surface area contributed by atoms with Crippen molar-refractivity contribution in [2.24, 2.45) is 0 Å². The van der Waals surface area contributed by atoms with Gasteiger partial charge in [0.15, 0.2) is 0 Å². The molecule has 2 fully saturated rings. The minimum absolute atomic E-state index is 0.383. The van der Waals surface area contributed by atoms with Crippen LogP contribution >= 0.6 is 0 Å². The van der Waals surface area contributed by atoms with Crippen LogP contribution in [0.1, 0.15) is 19.3 Å². The average molecular weight is 220 g/mol. The van der Waals surface area contributed by atoms with Crippen molar-refractivity contribution in [3.05, 3.63) is 18.3 Å². The number of anilines is 1. The van der Waals surface area contributed by atoms with Gasteiger partial charge in [0.2, 0.25) is 0 Å². The van der Waals surface area contributed by atoms with Gasteiger partial charge in [-0.1, -0.05) is 0 Å². The Balaban J connectivity index is 1.65. The Hall–Kier alpha value is -1.29. The van der Waals surface area contributed by atoms with Crippen molar-refractivity contribution in [1.29, 1.82) is 0 Å². The van der Waals surface area contributed by atoms with Crippen molar-refractivity contribution in [3.8, 4) is 5.75 Å². The third-order valence-corrected chi connectivity index (χ3v) is 3.41. The number of rotatable bonds is 3. The van der Waals surface area contributed by atoms with Gasteiger partial charge in [-0.3, -0.25) is 0 Å². The molecule has 0 radical (unpaired) electrons. The van der Waals surface area contributed by atoms with Gasteiger partial charge in [0.1, 0.15) is 11.6 Å². The molecule has 86 valence electrons. The molecule has 1 aromatic rings. The third-order valence-electron chi connectivity index (χ3n) is 3.41. The maximum absolute atomic E-state index is 5.79. The van der Waals surface area contributed by atoms with Crippen molar-refractivity contribution in [2.45, 2.75) is 37.5 Å². The Kier molecular flexibility index (Phi) is 2.44. The van der Waals surface area contributed by atoms with Gasteiger partial charge < -0.3 is 14.8 Å². The van der Waals surface area contributed by atoms with E-state index in [-0.39, 0.29) is 0 Å². The van der Waals surface area contributed by atoms with Crippen LogP contribution in [0.15, 0.2) is 18.3 Å². The minimum Gasteiger partial charge on any atom is -0.495 e. The molecule has 0 spiro atoms. The second-order valence-corrected chi connectivity index (χ2v) is 4.44. The first-order chi connectivity index (χ1) is 7.85. The fourth-order valence-corrected chi connectivity index (χ4v) is 2.57. The summed E-state index contributed by atoms with van der Waals surface area (Å²) >= 11 is 0. The minimum atomic E-state index is 0.383. The van der Waals surface area contributed by atoms with Crippen molar-refractivity contribution in [2.75, 3.05) is 12.4 Å². The van der Waals surface area contributed by atoms with E-state index in [0.29, 0.717) is 18.2 Å². The van der Waals surface area contributed by atoms with Gasteiger partial charge in [-0.25, -0.2) is 4.98 Å². The van der Waals surface area contributed by atoms with Crippen molar-refractivity contribution < 1.29 is 9.47 Å². The molecule has 0 aliphatic carbocycles. The lowest BCUT2D eigenvalue weighted by Crippen LogP contribution is -2.30. The first kappa shape index (κ1) is 9.90. The van der Waals surface area contributed by atoms with Crippen LogP contribution < -0.4 is 10.1 Å². The summed E-state index contributed by atoms with van der Waals surface area (Å²) in [5.41, 5.74) is 0. The topological polar surface area (TPSA) is 43.4 Å². The first-order valence-corrected chi connectivity index (χ1v) is 5.77. The molecule has 16 heavy (non-hydrogen) atoms. The summed E-state index contributed by atoms with van der Waals surface area (Å²) in [6.45, 7) is 0. The zero-order chi connectivity index (χ0) is 11.0. The van der Waals surface area contributed by atoms with Crippen molar-refractivity contribution in [3.63, 3.8) is 0 Å². The standard InChI is InChI=1S/C12H16N2O2/c1-15-9-3-5-12(13-7-9)14-10-6-8-2-4-11(10)16-8/h3,5,7-8,10-11H,2,4,6H2,1H3,(H,13,14). The average Bonchev–Trinajstić information content (AvgIpc) is 2.92. The van der Waals surface area contributed by atoms with Crippen LogP contribution in [-0.2, 0) is 4.74 Å². The number of nitrogens with zero attached hydrogens (tertiary/aromatic N) is 1.